The Morgan fingerprint density at radius 1 is 1.24 bits per heavy atom. The van der Waals surface area contributed by atoms with Crippen molar-refractivity contribution in [3.8, 4) is 0 Å². The van der Waals surface area contributed by atoms with Gasteiger partial charge in [-0.2, -0.15) is 0 Å². The summed E-state index contributed by atoms with van der Waals surface area (Å²) in [6.07, 6.45) is 0. The van der Waals surface area contributed by atoms with Crippen LogP contribution in [0.4, 0.5) is 0 Å². The summed E-state index contributed by atoms with van der Waals surface area (Å²) in [4.78, 5) is 15.7. The predicted octanol–water partition coefficient (Wildman–Crippen LogP) is 1.91. The Morgan fingerprint density at radius 3 is 2.47 bits per heavy atom. The number of carbonyl (C=O) groups is 1. The summed E-state index contributed by atoms with van der Waals surface area (Å²) in [5.41, 5.74) is 2.44. The molecule has 1 aromatic rings. The van der Waals surface area contributed by atoms with E-state index in [0.29, 0.717) is 13.1 Å². The number of likely N-dealkylation sites (N-methyl/N-ethyl adjacent to an activating group) is 2. The van der Waals surface area contributed by atoms with Crippen LogP contribution in [0.25, 0.3) is 0 Å². The van der Waals surface area contributed by atoms with Crippen molar-refractivity contribution in [1.82, 2.24) is 9.80 Å². The Kier molecular flexibility index (Phi) is 5.16. The van der Waals surface area contributed by atoms with E-state index >= 15 is 0 Å². The molecule has 0 aromatic heterocycles. The van der Waals surface area contributed by atoms with Gasteiger partial charge in [-0.1, -0.05) is 31.2 Å². The van der Waals surface area contributed by atoms with E-state index in [1.807, 2.05) is 31.1 Å². The lowest BCUT2D eigenvalue weighted by molar-refractivity contribution is -0.131. The standard InChI is InChI=1S/C14H22N2O/c1-5-15(3)11-14(17)16(4)10-13-9-7-6-8-12(13)2/h6-9H,5,10-11H2,1-4H3. The fraction of sp³-hybridized carbons (Fsp3) is 0.500. The number of amides is 1. The minimum absolute atomic E-state index is 0.164. The third kappa shape index (κ3) is 4.19. The SMILES string of the molecule is CCN(C)CC(=O)N(C)Cc1ccccc1C. The minimum atomic E-state index is 0.164. The molecule has 0 radical (unpaired) electrons. The monoisotopic (exact) mass is 234 g/mol. The summed E-state index contributed by atoms with van der Waals surface area (Å²) >= 11 is 0. The van der Waals surface area contributed by atoms with Crippen LogP contribution >= 0.6 is 0 Å². The van der Waals surface area contributed by atoms with Crippen molar-refractivity contribution >= 4 is 5.91 Å². The van der Waals surface area contributed by atoms with E-state index in [4.69, 9.17) is 0 Å². The normalized spacial score (nSPS) is 10.6. The Balaban J connectivity index is 2.57. The van der Waals surface area contributed by atoms with E-state index in [1.165, 1.54) is 11.1 Å². The molecule has 0 spiro atoms. The van der Waals surface area contributed by atoms with Crippen LogP contribution in [0.3, 0.4) is 0 Å². The fourth-order valence-corrected chi connectivity index (χ4v) is 1.59. The summed E-state index contributed by atoms with van der Waals surface area (Å²) < 4.78 is 0. The van der Waals surface area contributed by atoms with Crippen LogP contribution in [0.5, 0.6) is 0 Å². The molecule has 0 unspecified atom stereocenters. The third-order valence-electron chi connectivity index (χ3n) is 3.04. The minimum Gasteiger partial charge on any atom is -0.340 e. The van der Waals surface area contributed by atoms with E-state index in [1.54, 1.807) is 4.90 Å². The van der Waals surface area contributed by atoms with Crippen LogP contribution in [-0.2, 0) is 11.3 Å². The molecule has 0 fully saturated rings. The average Bonchev–Trinajstić information content (AvgIpc) is 2.31. The molecule has 0 heterocycles. The molecule has 1 rings (SSSR count). The highest BCUT2D eigenvalue weighted by Crippen LogP contribution is 2.09. The zero-order valence-corrected chi connectivity index (χ0v) is 11.2. The van der Waals surface area contributed by atoms with Crippen LogP contribution < -0.4 is 0 Å². The molecule has 0 saturated carbocycles. The van der Waals surface area contributed by atoms with Crippen molar-refractivity contribution < 1.29 is 4.79 Å². The van der Waals surface area contributed by atoms with Crippen molar-refractivity contribution in [2.75, 3.05) is 27.2 Å². The largest absolute Gasteiger partial charge is 0.340 e. The van der Waals surface area contributed by atoms with Gasteiger partial charge in [0.2, 0.25) is 5.91 Å². The number of benzene rings is 1. The zero-order chi connectivity index (χ0) is 12.8. The summed E-state index contributed by atoms with van der Waals surface area (Å²) in [7, 11) is 3.82. The van der Waals surface area contributed by atoms with Crippen molar-refractivity contribution in [2.24, 2.45) is 0 Å². The molecule has 0 aliphatic heterocycles. The average molecular weight is 234 g/mol. The van der Waals surface area contributed by atoms with Crippen LogP contribution in [-0.4, -0.2) is 42.9 Å². The third-order valence-corrected chi connectivity index (χ3v) is 3.04. The molecule has 1 amide bonds. The summed E-state index contributed by atoms with van der Waals surface area (Å²) in [5.74, 6) is 0.164. The van der Waals surface area contributed by atoms with E-state index < -0.39 is 0 Å². The highest BCUT2D eigenvalue weighted by Gasteiger charge is 2.11. The maximum absolute atomic E-state index is 11.9. The second-order valence-corrected chi connectivity index (χ2v) is 4.51. The Labute approximate surface area is 104 Å². The molecule has 17 heavy (non-hydrogen) atoms. The maximum Gasteiger partial charge on any atom is 0.236 e. The van der Waals surface area contributed by atoms with Gasteiger partial charge in [0.25, 0.3) is 0 Å². The van der Waals surface area contributed by atoms with Gasteiger partial charge >= 0.3 is 0 Å². The van der Waals surface area contributed by atoms with Gasteiger partial charge in [0.1, 0.15) is 0 Å². The van der Waals surface area contributed by atoms with E-state index in [2.05, 4.69) is 26.0 Å². The molecule has 0 N–H and O–H groups in total. The van der Waals surface area contributed by atoms with E-state index in [-0.39, 0.29) is 5.91 Å². The maximum atomic E-state index is 11.9. The van der Waals surface area contributed by atoms with Crippen molar-refractivity contribution in [3.05, 3.63) is 35.4 Å². The molecule has 1 aromatic carbocycles. The van der Waals surface area contributed by atoms with Gasteiger partial charge < -0.3 is 4.90 Å². The van der Waals surface area contributed by atoms with Crippen molar-refractivity contribution in [1.29, 1.82) is 0 Å². The fourth-order valence-electron chi connectivity index (χ4n) is 1.59. The topological polar surface area (TPSA) is 23.6 Å². The molecule has 3 nitrogen and oxygen atoms in total. The Bertz CT molecular complexity index is 376. The van der Waals surface area contributed by atoms with Crippen LogP contribution in [0.2, 0.25) is 0 Å². The summed E-state index contributed by atoms with van der Waals surface area (Å²) in [6, 6.07) is 8.18. The lowest BCUT2D eigenvalue weighted by atomic mass is 10.1. The molecular formula is C14H22N2O. The summed E-state index contributed by atoms with van der Waals surface area (Å²) in [5, 5.41) is 0. The van der Waals surface area contributed by atoms with Gasteiger partial charge in [-0.05, 0) is 31.6 Å². The van der Waals surface area contributed by atoms with Gasteiger partial charge in [-0.15, -0.1) is 0 Å². The second-order valence-electron chi connectivity index (χ2n) is 4.51. The van der Waals surface area contributed by atoms with Crippen molar-refractivity contribution in [3.63, 3.8) is 0 Å². The highest BCUT2D eigenvalue weighted by molar-refractivity contribution is 5.78. The predicted molar refractivity (Wildman–Crippen MR) is 70.8 cm³/mol. The molecule has 0 aliphatic rings. The lowest BCUT2D eigenvalue weighted by Crippen LogP contribution is -2.36. The molecule has 0 aliphatic carbocycles. The van der Waals surface area contributed by atoms with Gasteiger partial charge in [-0.3, -0.25) is 9.69 Å². The molecular weight excluding hydrogens is 212 g/mol. The second kappa shape index (κ2) is 6.40. The van der Waals surface area contributed by atoms with Gasteiger partial charge in [0.15, 0.2) is 0 Å². The number of aryl methyl sites for hydroxylation is 1. The zero-order valence-electron chi connectivity index (χ0n) is 11.2. The molecule has 0 atom stereocenters. The van der Waals surface area contributed by atoms with Gasteiger partial charge in [-0.25, -0.2) is 0 Å². The quantitative estimate of drug-likeness (QED) is 0.777. The number of carbonyl (C=O) groups excluding carboxylic acids is 1. The Morgan fingerprint density at radius 2 is 1.88 bits per heavy atom. The molecule has 0 saturated heterocycles. The first-order chi connectivity index (χ1) is 8.04. The van der Waals surface area contributed by atoms with Crippen LogP contribution in [0.1, 0.15) is 18.1 Å². The summed E-state index contributed by atoms with van der Waals surface area (Å²) in [6.45, 7) is 6.19. The van der Waals surface area contributed by atoms with Crippen molar-refractivity contribution in [2.45, 2.75) is 20.4 Å². The van der Waals surface area contributed by atoms with Crippen LogP contribution in [0, 0.1) is 6.92 Å². The van der Waals surface area contributed by atoms with E-state index in [0.717, 1.165) is 6.54 Å². The smallest absolute Gasteiger partial charge is 0.236 e. The number of hydrogen-bond acceptors (Lipinski definition) is 2. The molecule has 94 valence electrons. The number of hydrogen-bond donors (Lipinski definition) is 0. The first kappa shape index (κ1) is 13.7. The lowest BCUT2D eigenvalue weighted by Gasteiger charge is -2.21. The number of rotatable bonds is 5. The van der Waals surface area contributed by atoms with Crippen LogP contribution in [0.15, 0.2) is 24.3 Å². The molecule has 3 heteroatoms. The first-order valence-corrected chi connectivity index (χ1v) is 6.01. The first-order valence-electron chi connectivity index (χ1n) is 6.01. The Hall–Kier alpha value is -1.35. The van der Waals surface area contributed by atoms with E-state index in [9.17, 15) is 4.79 Å². The van der Waals surface area contributed by atoms with Gasteiger partial charge in [0.05, 0.1) is 6.54 Å². The highest BCUT2D eigenvalue weighted by atomic mass is 16.2. The molecule has 0 bridgehead atoms. The van der Waals surface area contributed by atoms with Gasteiger partial charge in [0, 0.05) is 13.6 Å². The number of nitrogens with zero attached hydrogens (tertiary/aromatic N) is 2.